The normalized spacial score (nSPS) is 22.7. The van der Waals surface area contributed by atoms with Gasteiger partial charge >= 0.3 is 5.97 Å². The lowest BCUT2D eigenvalue weighted by atomic mass is 10.0. The number of carboxylic acid groups (broad SMARTS) is 1. The van der Waals surface area contributed by atoms with E-state index in [4.69, 9.17) is 9.84 Å². The van der Waals surface area contributed by atoms with Crippen LogP contribution in [-0.4, -0.2) is 45.7 Å². The van der Waals surface area contributed by atoms with E-state index in [1.54, 1.807) is 0 Å². The third-order valence-electron chi connectivity index (χ3n) is 2.74. The number of carbonyl (C=O) groups is 2. The van der Waals surface area contributed by atoms with Crippen molar-refractivity contribution in [3.63, 3.8) is 0 Å². The summed E-state index contributed by atoms with van der Waals surface area (Å²) in [5, 5.41) is 11.5. The Labute approximate surface area is 103 Å². The minimum absolute atomic E-state index is 0.0909. The van der Waals surface area contributed by atoms with Crippen molar-refractivity contribution < 1.29 is 19.4 Å². The summed E-state index contributed by atoms with van der Waals surface area (Å²) >= 11 is 0. The summed E-state index contributed by atoms with van der Waals surface area (Å²) in [5.41, 5.74) is -0.500. The van der Waals surface area contributed by atoms with E-state index in [1.807, 2.05) is 6.92 Å². The molecule has 2 N–H and O–H groups in total. The van der Waals surface area contributed by atoms with Gasteiger partial charge in [-0.15, -0.1) is 0 Å². The van der Waals surface area contributed by atoms with Crippen LogP contribution in [-0.2, 0) is 4.74 Å². The molecule has 1 amide bonds. The van der Waals surface area contributed by atoms with E-state index in [-0.39, 0.29) is 17.3 Å². The second-order valence-electron chi connectivity index (χ2n) is 4.41. The molecule has 0 saturated carbocycles. The van der Waals surface area contributed by atoms with Crippen molar-refractivity contribution in [1.82, 2.24) is 15.3 Å². The number of hydrogen-bond donors (Lipinski definition) is 2. The van der Waals surface area contributed by atoms with E-state index in [9.17, 15) is 9.59 Å². The number of rotatable bonds is 3. The average Bonchev–Trinajstić information content (AvgIpc) is 2.76. The fourth-order valence-electron chi connectivity index (χ4n) is 1.66. The van der Waals surface area contributed by atoms with Crippen LogP contribution in [0.1, 0.15) is 34.3 Å². The molecule has 1 saturated heterocycles. The van der Waals surface area contributed by atoms with Crippen LogP contribution in [0.15, 0.2) is 12.4 Å². The molecule has 2 rings (SSSR count). The van der Waals surface area contributed by atoms with Gasteiger partial charge in [-0.1, -0.05) is 0 Å². The molecule has 0 aliphatic carbocycles. The molecule has 1 unspecified atom stereocenters. The van der Waals surface area contributed by atoms with E-state index in [0.717, 1.165) is 18.8 Å². The maximum absolute atomic E-state index is 11.9. The number of nitrogens with zero attached hydrogens (tertiary/aromatic N) is 2. The minimum atomic E-state index is -1.18. The van der Waals surface area contributed by atoms with Gasteiger partial charge in [0.15, 0.2) is 5.69 Å². The number of ether oxygens (including phenoxy) is 1. The predicted octanol–water partition coefficient (Wildman–Crippen LogP) is 0.0836. The zero-order valence-corrected chi connectivity index (χ0v) is 9.84. The van der Waals surface area contributed by atoms with Gasteiger partial charge in [0.2, 0.25) is 0 Å². The van der Waals surface area contributed by atoms with E-state index >= 15 is 0 Å². The first kappa shape index (κ1) is 12.4. The van der Waals surface area contributed by atoms with Gasteiger partial charge in [0.1, 0.15) is 5.69 Å². The van der Waals surface area contributed by atoms with Crippen LogP contribution < -0.4 is 5.32 Å². The monoisotopic (exact) mass is 251 g/mol. The van der Waals surface area contributed by atoms with E-state index in [0.29, 0.717) is 13.2 Å². The fourth-order valence-corrected chi connectivity index (χ4v) is 1.66. The minimum Gasteiger partial charge on any atom is -0.476 e. The van der Waals surface area contributed by atoms with Crippen molar-refractivity contribution in [2.45, 2.75) is 18.9 Å². The van der Waals surface area contributed by atoms with Crippen LogP contribution in [0.3, 0.4) is 0 Å². The van der Waals surface area contributed by atoms with Crippen molar-refractivity contribution in [1.29, 1.82) is 0 Å². The van der Waals surface area contributed by atoms with Crippen LogP contribution in [0.5, 0.6) is 0 Å². The highest BCUT2D eigenvalue weighted by Crippen LogP contribution is 2.17. The van der Waals surface area contributed by atoms with Gasteiger partial charge < -0.3 is 15.2 Å². The molecule has 1 aromatic rings. The molecule has 2 heterocycles. The highest BCUT2D eigenvalue weighted by molar-refractivity contribution is 5.93. The molecule has 1 fully saturated rings. The largest absolute Gasteiger partial charge is 0.476 e. The standard InChI is InChI=1S/C11H13N3O4/c1-11(2-3-18-6-11)14-9(15)7-4-13-8(5-12-7)10(16)17/h4-5H,2-3,6H2,1H3,(H,14,15)(H,16,17). The molecule has 0 spiro atoms. The van der Waals surface area contributed by atoms with Crippen molar-refractivity contribution in [2.24, 2.45) is 0 Å². The number of nitrogens with one attached hydrogen (secondary N) is 1. The van der Waals surface area contributed by atoms with Crippen molar-refractivity contribution in [3.8, 4) is 0 Å². The lowest BCUT2D eigenvalue weighted by molar-refractivity contribution is 0.0688. The molecule has 1 aliphatic heterocycles. The Balaban J connectivity index is 2.07. The first-order valence-corrected chi connectivity index (χ1v) is 5.46. The lowest BCUT2D eigenvalue weighted by Gasteiger charge is -2.22. The Kier molecular flexibility index (Phi) is 3.24. The molecule has 0 radical (unpaired) electrons. The second-order valence-corrected chi connectivity index (χ2v) is 4.41. The van der Waals surface area contributed by atoms with E-state index in [1.165, 1.54) is 0 Å². The van der Waals surface area contributed by atoms with Crippen LogP contribution in [0.2, 0.25) is 0 Å². The van der Waals surface area contributed by atoms with Gasteiger partial charge in [-0.25, -0.2) is 14.8 Å². The Morgan fingerprint density at radius 2 is 2.06 bits per heavy atom. The zero-order valence-electron chi connectivity index (χ0n) is 9.84. The Hall–Kier alpha value is -2.02. The predicted molar refractivity (Wildman–Crippen MR) is 60.3 cm³/mol. The van der Waals surface area contributed by atoms with Gasteiger partial charge in [0, 0.05) is 6.61 Å². The Bertz CT molecular complexity index is 466. The van der Waals surface area contributed by atoms with Gasteiger partial charge in [0.25, 0.3) is 5.91 Å². The number of amides is 1. The summed E-state index contributed by atoms with van der Waals surface area (Å²) in [6.45, 7) is 2.96. The van der Waals surface area contributed by atoms with Crippen LogP contribution in [0.4, 0.5) is 0 Å². The van der Waals surface area contributed by atoms with E-state index < -0.39 is 11.5 Å². The van der Waals surface area contributed by atoms with Gasteiger partial charge in [-0.05, 0) is 13.3 Å². The number of hydrogen-bond acceptors (Lipinski definition) is 5. The first-order valence-electron chi connectivity index (χ1n) is 5.46. The molecular weight excluding hydrogens is 238 g/mol. The number of carboxylic acids is 1. The SMILES string of the molecule is CC1(NC(=O)c2cnc(C(=O)O)cn2)CCOC1. The molecule has 1 aromatic heterocycles. The lowest BCUT2D eigenvalue weighted by Crippen LogP contribution is -2.46. The fraction of sp³-hybridized carbons (Fsp3) is 0.455. The molecule has 0 aromatic carbocycles. The smallest absolute Gasteiger partial charge is 0.356 e. The van der Waals surface area contributed by atoms with Gasteiger partial charge in [-0.3, -0.25) is 4.79 Å². The molecule has 0 bridgehead atoms. The van der Waals surface area contributed by atoms with Crippen LogP contribution in [0, 0.1) is 0 Å². The van der Waals surface area contributed by atoms with Gasteiger partial charge in [0.05, 0.1) is 24.5 Å². The number of aromatic nitrogens is 2. The highest BCUT2D eigenvalue weighted by Gasteiger charge is 2.31. The quantitative estimate of drug-likeness (QED) is 0.789. The van der Waals surface area contributed by atoms with Crippen LogP contribution >= 0.6 is 0 Å². The molecular formula is C11H13N3O4. The molecule has 7 nitrogen and oxygen atoms in total. The third kappa shape index (κ3) is 2.62. The summed E-state index contributed by atoms with van der Waals surface area (Å²) in [7, 11) is 0. The van der Waals surface area contributed by atoms with Crippen molar-refractivity contribution >= 4 is 11.9 Å². The summed E-state index contributed by atoms with van der Waals surface area (Å²) in [5.74, 6) is -1.56. The first-order chi connectivity index (χ1) is 8.50. The molecule has 1 aliphatic rings. The molecule has 1 atom stereocenters. The van der Waals surface area contributed by atoms with E-state index in [2.05, 4.69) is 15.3 Å². The van der Waals surface area contributed by atoms with Crippen molar-refractivity contribution in [2.75, 3.05) is 13.2 Å². The van der Waals surface area contributed by atoms with Crippen molar-refractivity contribution in [3.05, 3.63) is 23.8 Å². The maximum Gasteiger partial charge on any atom is 0.356 e. The number of carbonyl (C=O) groups excluding carboxylic acids is 1. The highest BCUT2D eigenvalue weighted by atomic mass is 16.5. The molecule has 96 valence electrons. The summed E-state index contributed by atoms with van der Waals surface area (Å²) < 4.78 is 5.22. The molecule has 7 heteroatoms. The zero-order chi connectivity index (χ0) is 13.2. The number of aromatic carboxylic acids is 1. The summed E-state index contributed by atoms with van der Waals surface area (Å²) in [6, 6.07) is 0. The Morgan fingerprint density at radius 1 is 1.39 bits per heavy atom. The average molecular weight is 251 g/mol. The third-order valence-corrected chi connectivity index (χ3v) is 2.74. The topological polar surface area (TPSA) is 101 Å². The van der Waals surface area contributed by atoms with Gasteiger partial charge in [-0.2, -0.15) is 0 Å². The summed E-state index contributed by atoms with van der Waals surface area (Å²) in [6.07, 6.45) is 2.95. The molecule has 18 heavy (non-hydrogen) atoms. The Morgan fingerprint density at radius 3 is 2.56 bits per heavy atom. The summed E-state index contributed by atoms with van der Waals surface area (Å²) in [4.78, 5) is 29.9. The maximum atomic E-state index is 11.9. The second kappa shape index (κ2) is 4.69. The van der Waals surface area contributed by atoms with Crippen LogP contribution in [0.25, 0.3) is 0 Å².